The van der Waals surface area contributed by atoms with E-state index < -0.39 is 0 Å². The number of aryl methyl sites for hydroxylation is 1. The molecular formula is C32H31N7. The fourth-order valence-corrected chi connectivity index (χ4v) is 3.53. The molecule has 0 heterocycles. The van der Waals surface area contributed by atoms with Gasteiger partial charge in [0.15, 0.2) is 0 Å². The summed E-state index contributed by atoms with van der Waals surface area (Å²) in [6.45, 7) is 10.5. The van der Waals surface area contributed by atoms with Crippen molar-refractivity contribution in [1.82, 2.24) is 0 Å². The first-order valence-corrected chi connectivity index (χ1v) is 12.7. The van der Waals surface area contributed by atoms with Gasteiger partial charge in [0.1, 0.15) is 0 Å². The second kappa shape index (κ2) is 14.0. The monoisotopic (exact) mass is 513 g/mol. The largest absolute Gasteiger partial charge is 0.385 e. The van der Waals surface area contributed by atoms with Gasteiger partial charge in [-0.25, -0.2) is 0 Å². The van der Waals surface area contributed by atoms with Crippen molar-refractivity contribution in [1.29, 1.82) is 0 Å². The molecule has 7 nitrogen and oxygen atoms in total. The highest BCUT2D eigenvalue weighted by Crippen LogP contribution is 2.28. The SMILES string of the molecule is C=CC(=C)CCCNc1ccc(N=Nc2ccc(N=Nc3ccc(N=Nc4ccccc4)cc3)c(C)c2)cc1. The van der Waals surface area contributed by atoms with Gasteiger partial charge in [0.2, 0.25) is 0 Å². The van der Waals surface area contributed by atoms with E-state index in [9.17, 15) is 0 Å². The highest BCUT2D eigenvalue weighted by atomic mass is 15.1. The topological polar surface area (TPSA) is 86.2 Å². The average molecular weight is 514 g/mol. The van der Waals surface area contributed by atoms with E-state index in [1.165, 1.54) is 0 Å². The van der Waals surface area contributed by atoms with Crippen LogP contribution in [0.2, 0.25) is 0 Å². The predicted octanol–water partition coefficient (Wildman–Crippen LogP) is 11.2. The summed E-state index contributed by atoms with van der Waals surface area (Å²) in [4.78, 5) is 0. The fraction of sp³-hybridized carbons (Fsp3) is 0.125. The molecule has 0 aromatic heterocycles. The van der Waals surface area contributed by atoms with Gasteiger partial charge in [-0.3, -0.25) is 0 Å². The van der Waals surface area contributed by atoms with E-state index in [0.29, 0.717) is 0 Å². The van der Waals surface area contributed by atoms with Crippen molar-refractivity contribution >= 4 is 39.8 Å². The maximum Gasteiger partial charge on any atom is 0.0887 e. The Bertz CT molecular complexity index is 1470. The third-order valence-electron chi connectivity index (χ3n) is 5.78. The Hall–Kier alpha value is -5.04. The average Bonchev–Trinajstić information content (AvgIpc) is 2.98. The molecule has 0 radical (unpaired) electrons. The van der Waals surface area contributed by atoms with Crippen molar-refractivity contribution < 1.29 is 0 Å². The van der Waals surface area contributed by atoms with Crippen molar-refractivity contribution in [3.63, 3.8) is 0 Å². The van der Waals surface area contributed by atoms with Gasteiger partial charge >= 0.3 is 0 Å². The second-order valence-electron chi connectivity index (χ2n) is 8.86. The van der Waals surface area contributed by atoms with E-state index in [1.54, 1.807) is 6.08 Å². The number of anilines is 1. The molecule has 4 aromatic carbocycles. The zero-order valence-corrected chi connectivity index (χ0v) is 22.0. The smallest absolute Gasteiger partial charge is 0.0887 e. The number of azo groups is 3. The van der Waals surface area contributed by atoms with Crippen molar-refractivity contribution in [3.8, 4) is 0 Å². The first kappa shape index (κ1) is 27.0. The van der Waals surface area contributed by atoms with Crippen molar-refractivity contribution in [2.45, 2.75) is 19.8 Å². The summed E-state index contributed by atoms with van der Waals surface area (Å²) in [6, 6.07) is 30.7. The molecule has 0 atom stereocenters. The van der Waals surface area contributed by atoms with Gasteiger partial charge in [-0.15, -0.1) is 0 Å². The highest BCUT2D eigenvalue weighted by Gasteiger charge is 2.00. The van der Waals surface area contributed by atoms with Gasteiger partial charge in [0.05, 0.1) is 34.1 Å². The summed E-state index contributed by atoms with van der Waals surface area (Å²) in [5.74, 6) is 0. The van der Waals surface area contributed by atoms with E-state index >= 15 is 0 Å². The minimum Gasteiger partial charge on any atom is -0.385 e. The molecule has 4 rings (SSSR count). The van der Waals surface area contributed by atoms with Crippen LogP contribution in [0.25, 0.3) is 0 Å². The van der Waals surface area contributed by atoms with Crippen LogP contribution in [0.1, 0.15) is 18.4 Å². The third kappa shape index (κ3) is 8.79. The number of nitrogens with zero attached hydrogens (tertiary/aromatic N) is 6. The first-order valence-electron chi connectivity index (χ1n) is 12.7. The Morgan fingerprint density at radius 3 is 1.77 bits per heavy atom. The molecule has 4 aromatic rings. The minimum atomic E-state index is 0.733. The van der Waals surface area contributed by atoms with Crippen LogP contribution in [0.5, 0.6) is 0 Å². The fourth-order valence-electron chi connectivity index (χ4n) is 3.53. The van der Waals surface area contributed by atoms with Crippen molar-refractivity contribution in [3.05, 3.63) is 127 Å². The molecule has 0 spiro atoms. The summed E-state index contributed by atoms with van der Waals surface area (Å²) < 4.78 is 0. The molecular weight excluding hydrogens is 482 g/mol. The number of nitrogens with one attached hydrogen (secondary N) is 1. The van der Waals surface area contributed by atoms with Crippen LogP contribution in [-0.2, 0) is 0 Å². The Morgan fingerprint density at radius 2 is 1.18 bits per heavy atom. The van der Waals surface area contributed by atoms with E-state index in [1.807, 2.05) is 104 Å². The van der Waals surface area contributed by atoms with E-state index in [-0.39, 0.29) is 0 Å². The standard InChI is InChI=1S/C32H31N7/c1-4-24(2)9-8-22-33-26-12-14-28(15-13-26)36-38-31-20-21-32(25(3)23-31)39-37-30-18-16-29(17-19-30)35-34-27-10-6-5-7-11-27/h4-7,10-21,23,33H,1-2,8-9,22H2,3H3. The zero-order chi connectivity index (χ0) is 27.3. The molecule has 7 heteroatoms. The number of rotatable bonds is 12. The number of benzene rings is 4. The van der Waals surface area contributed by atoms with Gasteiger partial charge < -0.3 is 5.32 Å². The van der Waals surface area contributed by atoms with Crippen LogP contribution < -0.4 is 5.32 Å². The lowest BCUT2D eigenvalue weighted by Gasteiger charge is -2.06. The van der Waals surface area contributed by atoms with Crippen LogP contribution in [-0.4, -0.2) is 6.54 Å². The normalized spacial score (nSPS) is 11.4. The maximum atomic E-state index is 4.40. The summed E-state index contributed by atoms with van der Waals surface area (Å²) in [7, 11) is 0. The molecule has 0 bridgehead atoms. The van der Waals surface area contributed by atoms with Gasteiger partial charge in [-0.05, 0) is 104 Å². The van der Waals surface area contributed by atoms with Crippen molar-refractivity contribution in [2.75, 3.05) is 11.9 Å². The van der Waals surface area contributed by atoms with Crippen molar-refractivity contribution in [2.24, 2.45) is 30.7 Å². The molecule has 0 amide bonds. The Morgan fingerprint density at radius 1 is 0.667 bits per heavy atom. The quantitative estimate of drug-likeness (QED) is 0.114. The second-order valence-corrected chi connectivity index (χ2v) is 8.86. The molecule has 39 heavy (non-hydrogen) atoms. The predicted molar refractivity (Wildman–Crippen MR) is 160 cm³/mol. The van der Waals surface area contributed by atoms with Crippen LogP contribution >= 0.6 is 0 Å². The summed E-state index contributed by atoms with van der Waals surface area (Å²) in [6.07, 6.45) is 3.76. The molecule has 0 saturated heterocycles. The zero-order valence-electron chi connectivity index (χ0n) is 22.0. The number of hydrogen-bond acceptors (Lipinski definition) is 7. The van der Waals surface area contributed by atoms with Gasteiger partial charge in [-0.2, -0.15) is 30.7 Å². The number of allylic oxidation sites excluding steroid dienone is 2. The lowest BCUT2D eigenvalue weighted by molar-refractivity contribution is 0.869. The molecule has 0 saturated carbocycles. The van der Waals surface area contributed by atoms with Crippen LogP contribution in [0.15, 0.2) is 153 Å². The molecule has 1 N–H and O–H groups in total. The Balaban J connectivity index is 1.30. The maximum absolute atomic E-state index is 4.40. The first-order chi connectivity index (χ1) is 19.1. The molecule has 0 fully saturated rings. The van der Waals surface area contributed by atoms with Gasteiger partial charge in [-0.1, -0.05) is 43.0 Å². The lowest BCUT2D eigenvalue weighted by Crippen LogP contribution is -2.01. The molecule has 0 aliphatic rings. The summed E-state index contributed by atoms with van der Waals surface area (Å²) in [5, 5.41) is 29.4. The molecule has 0 aliphatic carbocycles. The molecule has 0 aliphatic heterocycles. The minimum absolute atomic E-state index is 0.733. The van der Waals surface area contributed by atoms with E-state index in [0.717, 1.165) is 70.3 Å². The lowest BCUT2D eigenvalue weighted by atomic mass is 10.1. The van der Waals surface area contributed by atoms with Crippen LogP contribution in [0, 0.1) is 6.92 Å². The molecule has 0 unspecified atom stereocenters. The third-order valence-corrected chi connectivity index (χ3v) is 5.78. The van der Waals surface area contributed by atoms with Gasteiger partial charge in [0.25, 0.3) is 0 Å². The van der Waals surface area contributed by atoms with E-state index in [2.05, 4.69) is 49.2 Å². The van der Waals surface area contributed by atoms with E-state index in [4.69, 9.17) is 0 Å². The summed E-state index contributed by atoms with van der Waals surface area (Å²) >= 11 is 0. The Kier molecular flexibility index (Phi) is 9.73. The Labute approximate surface area is 229 Å². The summed E-state index contributed by atoms with van der Waals surface area (Å²) in [5.41, 5.74) is 7.68. The molecule has 194 valence electrons. The van der Waals surface area contributed by atoms with Crippen LogP contribution in [0.3, 0.4) is 0 Å². The van der Waals surface area contributed by atoms with Crippen LogP contribution in [0.4, 0.5) is 39.8 Å². The highest BCUT2D eigenvalue weighted by molar-refractivity contribution is 5.55. The number of hydrogen-bond donors (Lipinski definition) is 1. The van der Waals surface area contributed by atoms with Gasteiger partial charge in [0, 0.05) is 12.2 Å².